The SMILES string of the molecule is O=C(F)/C=C1/C=NC(/C=C/c2ccccc2)=CN1. The van der Waals surface area contributed by atoms with Crippen molar-refractivity contribution in [2.75, 3.05) is 0 Å². The van der Waals surface area contributed by atoms with Crippen LogP contribution in [-0.2, 0) is 4.79 Å². The van der Waals surface area contributed by atoms with E-state index in [1.807, 2.05) is 42.5 Å². The zero-order valence-corrected chi connectivity index (χ0v) is 9.51. The monoisotopic (exact) mass is 242 g/mol. The van der Waals surface area contributed by atoms with Crippen molar-refractivity contribution < 1.29 is 9.18 Å². The van der Waals surface area contributed by atoms with E-state index in [4.69, 9.17) is 0 Å². The minimum atomic E-state index is -1.50. The van der Waals surface area contributed by atoms with Gasteiger partial charge in [0, 0.05) is 12.3 Å². The minimum Gasteiger partial charge on any atom is -0.358 e. The van der Waals surface area contributed by atoms with Crippen molar-refractivity contribution in [3.05, 3.63) is 65.6 Å². The summed E-state index contributed by atoms with van der Waals surface area (Å²) in [6.45, 7) is 0. The molecule has 0 aromatic heterocycles. The van der Waals surface area contributed by atoms with Gasteiger partial charge in [0.05, 0.1) is 17.6 Å². The molecule has 1 N–H and O–H groups in total. The molecule has 0 atom stereocenters. The van der Waals surface area contributed by atoms with Gasteiger partial charge in [0.1, 0.15) is 0 Å². The van der Waals surface area contributed by atoms with Crippen LogP contribution >= 0.6 is 0 Å². The molecule has 90 valence electrons. The average molecular weight is 242 g/mol. The molecule has 1 aromatic rings. The summed E-state index contributed by atoms with van der Waals surface area (Å²) >= 11 is 0. The third-order valence-corrected chi connectivity index (χ3v) is 2.25. The highest BCUT2D eigenvalue weighted by Crippen LogP contribution is 2.08. The maximum absolute atomic E-state index is 12.1. The van der Waals surface area contributed by atoms with E-state index >= 15 is 0 Å². The van der Waals surface area contributed by atoms with E-state index < -0.39 is 6.04 Å². The first-order chi connectivity index (χ1) is 8.74. The molecule has 1 aliphatic heterocycles. The molecule has 4 heteroatoms. The Balaban J connectivity index is 2.02. The zero-order chi connectivity index (χ0) is 12.8. The van der Waals surface area contributed by atoms with Gasteiger partial charge in [0.15, 0.2) is 0 Å². The summed E-state index contributed by atoms with van der Waals surface area (Å²) in [5, 5.41) is 2.77. The molecule has 0 bridgehead atoms. The quantitative estimate of drug-likeness (QED) is 0.653. The first-order valence-electron chi connectivity index (χ1n) is 5.39. The first kappa shape index (κ1) is 12.0. The van der Waals surface area contributed by atoms with Crippen LogP contribution in [0.15, 0.2) is 65.1 Å². The maximum atomic E-state index is 12.1. The fourth-order valence-electron chi connectivity index (χ4n) is 1.41. The Hall–Kier alpha value is -2.49. The Morgan fingerprint density at radius 3 is 2.61 bits per heavy atom. The zero-order valence-electron chi connectivity index (χ0n) is 9.51. The predicted octanol–water partition coefficient (Wildman–Crippen LogP) is 2.60. The lowest BCUT2D eigenvalue weighted by Crippen LogP contribution is -2.12. The number of hydrogen-bond acceptors (Lipinski definition) is 3. The third kappa shape index (κ3) is 3.52. The number of nitrogens with one attached hydrogen (secondary N) is 1. The molecule has 0 unspecified atom stereocenters. The highest BCUT2D eigenvalue weighted by atomic mass is 19.1. The van der Waals surface area contributed by atoms with Crippen LogP contribution in [0.1, 0.15) is 5.56 Å². The summed E-state index contributed by atoms with van der Waals surface area (Å²) in [5.41, 5.74) is 2.09. The van der Waals surface area contributed by atoms with Crippen LogP contribution in [0.2, 0.25) is 0 Å². The van der Waals surface area contributed by atoms with Crippen molar-refractivity contribution in [2.45, 2.75) is 0 Å². The lowest BCUT2D eigenvalue weighted by atomic mass is 10.2. The molecule has 0 radical (unpaired) electrons. The van der Waals surface area contributed by atoms with E-state index in [2.05, 4.69) is 10.3 Å². The fraction of sp³-hybridized carbons (Fsp3) is 0. The van der Waals surface area contributed by atoms with Crippen LogP contribution in [0.5, 0.6) is 0 Å². The highest BCUT2D eigenvalue weighted by Gasteiger charge is 2.01. The molecule has 1 aromatic carbocycles. The van der Waals surface area contributed by atoms with Crippen molar-refractivity contribution in [2.24, 2.45) is 4.99 Å². The molecular weight excluding hydrogens is 231 g/mol. The molecule has 2 rings (SSSR count). The number of carbonyl (C=O) groups is 1. The molecule has 0 amide bonds. The topological polar surface area (TPSA) is 41.5 Å². The number of nitrogens with zero attached hydrogens (tertiary/aromatic N) is 1. The summed E-state index contributed by atoms with van der Waals surface area (Å²) in [7, 11) is 0. The molecule has 0 saturated heterocycles. The van der Waals surface area contributed by atoms with Gasteiger partial charge in [-0.25, -0.2) is 0 Å². The van der Waals surface area contributed by atoms with Crippen LogP contribution in [-0.4, -0.2) is 12.3 Å². The summed E-state index contributed by atoms with van der Waals surface area (Å²) < 4.78 is 12.1. The van der Waals surface area contributed by atoms with Crippen molar-refractivity contribution in [3.63, 3.8) is 0 Å². The summed E-state index contributed by atoms with van der Waals surface area (Å²) in [6.07, 6.45) is 7.60. The second-order valence-corrected chi connectivity index (χ2v) is 3.62. The number of rotatable bonds is 3. The molecular formula is C14H11FN2O. The van der Waals surface area contributed by atoms with Crippen molar-refractivity contribution in [1.82, 2.24) is 5.32 Å². The summed E-state index contributed by atoms with van der Waals surface area (Å²) in [6, 6.07) is 8.30. The number of allylic oxidation sites excluding steroid dienone is 3. The second kappa shape index (κ2) is 5.72. The van der Waals surface area contributed by atoms with Crippen LogP contribution in [0, 0.1) is 0 Å². The number of benzene rings is 1. The Labute approximate surface area is 104 Å². The molecule has 1 heterocycles. The van der Waals surface area contributed by atoms with Crippen molar-refractivity contribution >= 4 is 18.3 Å². The van der Waals surface area contributed by atoms with Crippen molar-refractivity contribution in [3.8, 4) is 0 Å². The Morgan fingerprint density at radius 1 is 1.22 bits per heavy atom. The Kier molecular flexibility index (Phi) is 3.81. The number of hydrogen-bond donors (Lipinski definition) is 1. The van der Waals surface area contributed by atoms with E-state index in [9.17, 15) is 9.18 Å². The molecule has 3 nitrogen and oxygen atoms in total. The van der Waals surface area contributed by atoms with Gasteiger partial charge in [-0.15, -0.1) is 0 Å². The van der Waals surface area contributed by atoms with E-state index in [1.165, 1.54) is 6.21 Å². The van der Waals surface area contributed by atoms with Crippen LogP contribution < -0.4 is 5.32 Å². The molecule has 0 saturated carbocycles. The van der Waals surface area contributed by atoms with E-state index in [0.29, 0.717) is 11.4 Å². The number of aliphatic imine (C=N–C) groups is 1. The van der Waals surface area contributed by atoms with Gasteiger partial charge < -0.3 is 5.32 Å². The first-order valence-corrected chi connectivity index (χ1v) is 5.39. The van der Waals surface area contributed by atoms with Crippen LogP contribution in [0.25, 0.3) is 6.08 Å². The summed E-state index contributed by atoms with van der Waals surface area (Å²) in [5.74, 6) is 0. The largest absolute Gasteiger partial charge is 0.358 e. The van der Waals surface area contributed by atoms with Gasteiger partial charge in [-0.2, -0.15) is 4.39 Å². The molecule has 0 fully saturated rings. The molecule has 0 spiro atoms. The minimum absolute atomic E-state index is 0.333. The van der Waals surface area contributed by atoms with Gasteiger partial charge in [-0.05, 0) is 11.6 Å². The lowest BCUT2D eigenvalue weighted by Gasteiger charge is -2.06. The molecule has 0 aliphatic carbocycles. The van der Waals surface area contributed by atoms with Gasteiger partial charge >= 0.3 is 6.04 Å². The van der Waals surface area contributed by atoms with E-state index in [1.54, 1.807) is 6.20 Å². The van der Waals surface area contributed by atoms with Crippen LogP contribution in [0.4, 0.5) is 4.39 Å². The average Bonchev–Trinajstić information content (AvgIpc) is 2.38. The van der Waals surface area contributed by atoms with Gasteiger partial charge in [-0.3, -0.25) is 9.79 Å². The maximum Gasteiger partial charge on any atom is 0.327 e. The lowest BCUT2D eigenvalue weighted by molar-refractivity contribution is -0.124. The van der Waals surface area contributed by atoms with E-state index in [-0.39, 0.29) is 0 Å². The number of halogens is 1. The highest BCUT2D eigenvalue weighted by molar-refractivity contribution is 5.91. The van der Waals surface area contributed by atoms with Gasteiger partial charge in [-0.1, -0.05) is 36.4 Å². The van der Waals surface area contributed by atoms with E-state index in [0.717, 1.165) is 11.6 Å². The molecule has 18 heavy (non-hydrogen) atoms. The van der Waals surface area contributed by atoms with Gasteiger partial charge in [0.2, 0.25) is 0 Å². The number of carbonyl (C=O) groups excluding carboxylic acids is 1. The normalized spacial score (nSPS) is 16.7. The smallest absolute Gasteiger partial charge is 0.327 e. The molecule has 1 aliphatic rings. The second-order valence-electron chi connectivity index (χ2n) is 3.62. The third-order valence-electron chi connectivity index (χ3n) is 2.25. The van der Waals surface area contributed by atoms with Crippen molar-refractivity contribution in [1.29, 1.82) is 0 Å². The predicted molar refractivity (Wildman–Crippen MR) is 69.4 cm³/mol. The summed E-state index contributed by atoms with van der Waals surface area (Å²) in [4.78, 5) is 14.3. The van der Waals surface area contributed by atoms with Gasteiger partial charge in [0.25, 0.3) is 0 Å². The Morgan fingerprint density at radius 2 is 2.00 bits per heavy atom. The van der Waals surface area contributed by atoms with Crippen LogP contribution in [0.3, 0.4) is 0 Å². The Bertz CT molecular complexity index is 556. The standard InChI is InChI=1S/C14H11FN2O/c15-14(18)8-13-10-16-12(9-17-13)7-6-11-4-2-1-3-5-11/h1-10,17H/b7-6+,13-8-. The fourth-order valence-corrected chi connectivity index (χ4v) is 1.41.